The van der Waals surface area contributed by atoms with Crippen LogP contribution in [0, 0.1) is 0 Å². The van der Waals surface area contributed by atoms with Crippen LogP contribution in [0.1, 0.15) is 18.1 Å². The summed E-state index contributed by atoms with van der Waals surface area (Å²) >= 11 is 0. The highest BCUT2D eigenvalue weighted by Gasteiger charge is 2.54. The predicted octanol–water partition coefficient (Wildman–Crippen LogP) is 3.76. The van der Waals surface area contributed by atoms with E-state index in [1.807, 2.05) is 0 Å². The first kappa shape index (κ1) is 13.9. The number of alkyl halides is 3. The first-order valence-corrected chi connectivity index (χ1v) is 6.63. The largest absolute Gasteiger partial charge is 0.416 e. The highest BCUT2D eigenvalue weighted by atomic mass is 19.4. The third-order valence-electron chi connectivity index (χ3n) is 4.34. The van der Waals surface area contributed by atoms with Gasteiger partial charge in [0.15, 0.2) is 0 Å². The summed E-state index contributed by atoms with van der Waals surface area (Å²) in [5.74, 6) is 0. The second-order valence-corrected chi connectivity index (χ2v) is 5.41. The number of benzene rings is 1. The molecule has 0 radical (unpaired) electrons. The van der Waals surface area contributed by atoms with Crippen molar-refractivity contribution in [3.63, 3.8) is 0 Å². The van der Waals surface area contributed by atoms with Gasteiger partial charge in [-0.05, 0) is 18.1 Å². The van der Waals surface area contributed by atoms with Crippen molar-refractivity contribution in [2.45, 2.75) is 24.6 Å². The zero-order valence-corrected chi connectivity index (χ0v) is 11.8. The SMILES string of the molecule is C=CC1N(C)N=C(C)C12C=C(C(F)(F)F)c1ccccc12. The molecule has 0 bridgehead atoms. The van der Waals surface area contributed by atoms with Crippen LogP contribution in [0.15, 0.2) is 48.1 Å². The summed E-state index contributed by atoms with van der Waals surface area (Å²) in [5.41, 5.74) is 0.0729. The van der Waals surface area contributed by atoms with Gasteiger partial charge in [0.25, 0.3) is 0 Å². The number of hydrogen-bond donors (Lipinski definition) is 0. The van der Waals surface area contributed by atoms with E-state index in [0.29, 0.717) is 11.3 Å². The van der Waals surface area contributed by atoms with E-state index in [-0.39, 0.29) is 11.6 Å². The average Bonchev–Trinajstić information content (AvgIpc) is 2.87. The van der Waals surface area contributed by atoms with Crippen molar-refractivity contribution in [2.24, 2.45) is 5.10 Å². The van der Waals surface area contributed by atoms with Gasteiger partial charge in [-0.2, -0.15) is 18.3 Å². The van der Waals surface area contributed by atoms with Gasteiger partial charge in [0.05, 0.1) is 22.7 Å². The molecule has 1 aliphatic heterocycles. The quantitative estimate of drug-likeness (QED) is 0.720. The summed E-state index contributed by atoms with van der Waals surface area (Å²) in [6.45, 7) is 5.55. The summed E-state index contributed by atoms with van der Waals surface area (Å²) in [6, 6.07) is 6.35. The van der Waals surface area contributed by atoms with Crippen LogP contribution in [0.5, 0.6) is 0 Å². The molecule has 2 unspecified atom stereocenters. The zero-order valence-electron chi connectivity index (χ0n) is 11.8. The molecule has 3 rings (SSSR count). The fourth-order valence-electron chi connectivity index (χ4n) is 3.47. The van der Waals surface area contributed by atoms with Crippen LogP contribution in [0.2, 0.25) is 0 Å². The fraction of sp³-hybridized carbons (Fsp3) is 0.312. The molecule has 0 saturated heterocycles. The Morgan fingerprint density at radius 2 is 2.00 bits per heavy atom. The van der Waals surface area contributed by atoms with Gasteiger partial charge >= 0.3 is 6.18 Å². The molecule has 0 aromatic heterocycles. The molecule has 1 spiro atoms. The topological polar surface area (TPSA) is 15.6 Å². The van der Waals surface area contributed by atoms with E-state index < -0.39 is 17.2 Å². The Labute approximate surface area is 121 Å². The molecule has 0 amide bonds. The van der Waals surface area contributed by atoms with Gasteiger partial charge in [0.2, 0.25) is 0 Å². The number of fused-ring (bicyclic) bond motifs is 2. The van der Waals surface area contributed by atoms with Crippen LogP contribution in [-0.2, 0) is 5.41 Å². The Morgan fingerprint density at radius 3 is 2.62 bits per heavy atom. The molecule has 1 aliphatic carbocycles. The third kappa shape index (κ3) is 1.69. The Kier molecular flexibility index (Phi) is 2.80. The minimum atomic E-state index is -4.38. The van der Waals surface area contributed by atoms with Crippen LogP contribution < -0.4 is 0 Å². The maximum atomic E-state index is 13.4. The van der Waals surface area contributed by atoms with Crippen molar-refractivity contribution in [1.29, 1.82) is 0 Å². The second-order valence-electron chi connectivity index (χ2n) is 5.41. The number of nitrogens with zero attached hydrogens (tertiary/aromatic N) is 2. The normalized spacial score (nSPS) is 27.7. The van der Waals surface area contributed by atoms with Gasteiger partial charge in [-0.1, -0.05) is 36.4 Å². The van der Waals surface area contributed by atoms with Gasteiger partial charge in [-0.15, -0.1) is 6.58 Å². The number of halogens is 3. The first-order valence-electron chi connectivity index (χ1n) is 6.63. The molecule has 0 saturated carbocycles. The van der Waals surface area contributed by atoms with Crippen molar-refractivity contribution in [2.75, 3.05) is 7.05 Å². The summed E-state index contributed by atoms with van der Waals surface area (Å²) in [4.78, 5) is 0. The lowest BCUT2D eigenvalue weighted by atomic mass is 9.73. The maximum absolute atomic E-state index is 13.4. The van der Waals surface area contributed by atoms with Gasteiger partial charge in [0.1, 0.15) is 0 Å². The van der Waals surface area contributed by atoms with E-state index in [9.17, 15) is 13.2 Å². The van der Waals surface area contributed by atoms with Crippen LogP contribution in [0.3, 0.4) is 0 Å². The molecule has 0 fully saturated rings. The van der Waals surface area contributed by atoms with E-state index in [0.717, 1.165) is 0 Å². The van der Waals surface area contributed by atoms with Gasteiger partial charge < -0.3 is 0 Å². The summed E-state index contributed by atoms with van der Waals surface area (Å²) in [5, 5.41) is 6.03. The van der Waals surface area contributed by atoms with Crippen LogP contribution >= 0.6 is 0 Å². The summed E-state index contributed by atoms with van der Waals surface area (Å²) in [7, 11) is 1.76. The van der Waals surface area contributed by atoms with Crippen molar-refractivity contribution in [3.05, 3.63) is 54.1 Å². The predicted molar refractivity (Wildman–Crippen MR) is 77.0 cm³/mol. The molecule has 1 aromatic rings. The lowest BCUT2D eigenvalue weighted by molar-refractivity contribution is -0.0688. The molecular formula is C16H15F3N2. The van der Waals surface area contributed by atoms with E-state index >= 15 is 0 Å². The molecule has 5 heteroatoms. The highest BCUT2D eigenvalue weighted by molar-refractivity contribution is 6.03. The minimum absolute atomic E-state index is 0.238. The van der Waals surface area contributed by atoms with Gasteiger partial charge in [0, 0.05) is 7.05 Å². The van der Waals surface area contributed by atoms with Crippen LogP contribution in [-0.4, -0.2) is 30.0 Å². The van der Waals surface area contributed by atoms with Crippen molar-refractivity contribution in [1.82, 2.24) is 5.01 Å². The molecule has 21 heavy (non-hydrogen) atoms. The molecule has 110 valence electrons. The molecule has 1 aromatic carbocycles. The maximum Gasteiger partial charge on any atom is 0.416 e. The van der Waals surface area contributed by atoms with Crippen LogP contribution in [0.25, 0.3) is 5.57 Å². The summed E-state index contributed by atoms with van der Waals surface area (Å²) < 4.78 is 40.2. The molecule has 2 aliphatic rings. The number of likely N-dealkylation sites (N-methyl/N-ethyl adjacent to an activating group) is 1. The van der Waals surface area contributed by atoms with E-state index in [2.05, 4.69) is 11.7 Å². The van der Waals surface area contributed by atoms with E-state index in [1.54, 1.807) is 43.3 Å². The number of allylic oxidation sites excluding steroid dienone is 1. The van der Waals surface area contributed by atoms with Gasteiger partial charge in [-0.3, -0.25) is 5.01 Å². The molecule has 0 N–H and O–H groups in total. The number of rotatable bonds is 1. The number of hydrazone groups is 1. The Hall–Kier alpha value is -2.04. The van der Waals surface area contributed by atoms with E-state index in [1.165, 1.54) is 12.1 Å². The Bertz CT molecular complexity index is 672. The van der Waals surface area contributed by atoms with Gasteiger partial charge in [-0.25, -0.2) is 0 Å². The van der Waals surface area contributed by atoms with Crippen molar-refractivity contribution >= 4 is 11.3 Å². The standard InChI is InChI=1S/C16H15F3N2/c1-4-14-15(10(2)20-21(14)3)9-13(16(17,18)19)11-7-5-6-8-12(11)15/h4-9,14H,1H2,2-3H3. The monoisotopic (exact) mass is 292 g/mol. The fourth-order valence-corrected chi connectivity index (χ4v) is 3.47. The first-order chi connectivity index (χ1) is 9.82. The zero-order chi connectivity index (χ0) is 15.4. The molecule has 2 nitrogen and oxygen atoms in total. The smallest absolute Gasteiger partial charge is 0.292 e. The lowest BCUT2D eigenvalue weighted by Crippen LogP contribution is -2.42. The Balaban J connectivity index is 2.32. The lowest BCUT2D eigenvalue weighted by Gasteiger charge is -2.31. The van der Waals surface area contributed by atoms with Crippen LogP contribution in [0.4, 0.5) is 13.2 Å². The number of hydrogen-bond acceptors (Lipinski definition) is 2. The molecule has 1 heterocycles. The van der Waals surface area contributed by atoms with Crippen molar-refractivity contribution in [3.8, 4) is 0 Å². The second kappa shape index (κ2) is 4.23. The average molecular weight is 292 g/mol. The minimum Gasteiger partial charge on any atom is -0.292 e. The van der Waals surface area contributed by atoms with E-state index in [4.69, 9.17) is 0 Å². The Morgan fingerprint density at radius 1 is 1.33 bits per heavy atom. The molecule has 2 atom stereocenters. The third-order valence-corrected chi connectivity index (χ3v) is 4.34. The van der Waals surface area contributed by atoms with Crippen molar-refractivity contribution < 1.29 is 13.2 Å². The highest BCUT2D eigenvalue weighted by Crippen LogP contribution is 2.52. The summed E-state index contributed by atoms with van der Waals surface area (Å²) in [6.07, 6.45) is -1.41. The molecular weight excluding hydrogens is 277 g/mol.